The second-order valence-electron chi connectivity index (χ2n) is 3.18. The summed E-state index contributed by atoms with van der Waals surface area (Å²) in [4.78, 5) is 0. The minimum absolute atomic E-state index is 0.298. The van der Waals surface area contributed by atoms with E-state index in [9.17, 15) is 8.42 Å². The minimum atomic E-state index is -3.11. The average molecular weight is 193 g/mol. The Hall–Kier alpha value is -0.130. The van der Waals surface area contributed by atoms with Gasteiger partial charge in [0.15, 0.2) is 0 Å². The van der Waals surface area contributed by atoms with Crippen LogP contribution in [-0.2, 0) is 10.0 Å². The molecule has 4 nitrogen and oxygen atoms in total. The van der Waals surface area contributed by atoms with Gasteiger partial charge in [0, 0.05) is 0 Å². The summed E-state index contributed by atoms with van der Waals surface area (Å²) in [7, 11) is -1.67. The molecule has 0 aliphatic heterocycles. The Morgan fingerprint density at radius 3 is 2.17 bits per heavy atom. The van der Waals surface area contributed by atoms with Crippen LogP contribution in [0.1, 0.15) is 25.7 Å². The fraction of sp³-hybridized carbons (Fsp3) is 1.00. The van der Waals surface area contributed by atoms with Crippen molar-refractivity contribution in [2.75, 3.05) is 7.05 Å². The maximum Gasteiger partial charge on any atom is 0.214 e. The molecule has 0 heterocycles. The first-order valence-corrected chi connectivity index (χ1v) is 5.71. The highest BCUT2D eigenvalue weighted by Gasteiger charge is 2.28. The number of sulfonamides is 1. The second-order valence-corrected chi connectivity index (χ2v) is 5.34. The predicted octanol–water partition coefficient (Wildman–Crippen LogP) is -0.161. The highest BCUT2D eigenvalue weighted by molar-refractivity contribution is 7.90. The average Bonchev–Trinajstić information content (AvgIpc) is 2.05. The maximum absolute atomic E-state index is 11.3. The summed E-state index contributed by atoms with van der Waals surface area (Å²) in [6.07, 6.45) is 2.06. The van der Waals surface area contributed by atoms with Crippen LogP contribution in [0.4, 0.5) is 0 Å². The van der Waals surface area contributed by atoms with Crippen molar-refractivity contribution in [2.24, 2.45) is 0 Å². The van der Waals surface area contributed by atoms with E-state index in [2.05, 4.69) is 4.72 Å². The fourth-order valence-electron chi connectivity index (χ4n) is 1.52. The molecule has 0 amide bonds. The van der Waals surface area contributed by atoms with Gasteiger partial charge in [-0.05, 0) is 32.7 Å². The van der Waals surface area contributed by atoms with Crippen molar-refractivity contribution in [1.29, 1.82) is 0 Å². The van der Waals surface area contributed by atoms with Gasteiger partial charge in [-0.25, -0.2) is 13.1 Å². The van der Waals surface area contributed by atoms with Crippen LogP contribution in [-0.4, -0.2) is 31.9 Å². The highest BCUT2D eigenvalue weighted by Crippen LogP contribution is 2.23. The van der Waals surface area contributed by atoms with Crippen LogP contribution in [0.3, 0.4) is 0 Å². The largest absolute Gasteiger partial charge is 0.393 e. The first-order chi connectivity index (χ1) is 5.56. The van der Waals surface area contributed by atoms with Gasteiger partial charge in [0.2, 0.25) is 10.0 Å². The van der Waals surface area contributed by atoms with E-state index in [-0.39, 0.29) is 11.4 Å². The van der Waals surface area contributed by atoms with E-state index in [0.29, 0.717) is 25.7 Å². The van der Waals surface area contributed by atoms with Crippen LogP contribution in [0.2, 0.25) is 0 Å². The molecule has 0 aromatic carbocycles. The Morgan fingerprint density at radius 2 is 1.75 bits per heavy atom. The first-order valence-electron chi connectivity index (χ1n) is 4.16. The standard InChI is InChI=1S/C7H15NO3S/c1-8-12(10,11)7-4-2-6(9)3-5-7/h6-9H,2-5H2,1H3. The molecule has 1 fully saturated rings. The molecule has 5 heteroatoms. The van der Waals surface area contributed by atoms with Gasteiger partial charge in [0.25, 0.3) is 0 Å². The zero-order valence-electron chi connectivity index (χ0n) is 7.16. The second kappa shape index (κ2) is 3.72. The summed E-state index contributed by atoms with van der Waals surface area (Å²) < 4.78 is 24.9. The predicted molar refractivity (Wildman–Crippen MR) is 46.2 cm³/mol. The molecule has 0 unspecified atom stereocenters. The van der Waals surface area contributed by atoms with Crippen molar-refractivity contribution in [3.05, 3.63) is 0 Å². The molecule has 0 spiro atoms. The normalized spacial score (nSPS) is 31.8. The van der Waals surface area contributed by atoms with Gasteiger partial charge >= 0.3 is 0 Å². The zero-order valence-corrected chi connectivity index (χ0v) is 7.97. The lowest BCUT2D eigenvalue weighted by Crippen LogP contribution is -2.35. The van der Waals surface area contributed by atoms with Crippen molar-refractivity contribution in [3.8, 4) is 0 Å². The van der Waals surface area contributed by atoms with Crippen LogP contribution in [0, 0.1) is 0 Å². The summed E-state index contributed by atoms with van der Waals surface area (Å²) in [5.41, 5.74) is 0. The van der Waals surface area contributed by atoms with Gasteiger partial charge in [-0.15, -0.1) is 0 Å². The lowest BCUT2D eigenvalue weighted by Gasteiger charge is -2.24. The Morgan fingerprint density at radius 1 is 1.25 bits per heavy atom. The van der Waals surface area contributed by atoms with Gasteiger partial charge in [0.05, 0.1) is 11.4 Å². The molecule has 1 saturated carbocycles. The van der Waals surface area contributed by atoms with Gasteiger partial charge in [-0.2, -0.15) is 0 Å². The summed E-state index contributed by atoms with van der Waals surface area (Å²) in [6, 6.07) is 0. The summed E-state index contributed by atoms with van der Waals surface area (Å²) >= 11 is 0. The minimum Gasteiger partial charge on any atom is -0.393 e. The van der Waals surface area contributed by atoms with E-state index in [1.54, 1.807) is 0 Å². The van der Waals surface area contributed by atoms with Gasteiger partial charge in [-0.1, -0.05) is 0 Å². The molecule has 1 aliphatic rings. The third kappa shape index (κ3) is 2.18. The van der Waals surface area contributed by atoms with Crippen molar-refractivity contribution in [2.45, 2.75) is 37.0 Å². The first kappa shape index (κ1) is 9.95. The Bertz CT molecular complexity index is 229. The summed E-state index contributed by atoms with van der Waals surface area (Å²) in [6.45, 7) is 0. The van der Waals surface area contributed by atoms with Gasteiger partial charge in [0.1, 0.15) is 0 Å². The third-order valence-electron chi connectivity index (χ3n) is 2.37. The molecule has 12 heavy (non-hydrogen) atoms. The smallest absolute Gasteiger partial charge is 0.214 e. The number of hydrogen-bond donors (Lipinski definition) is 2. The molecule has 0 atom stereocenters. The lowest BCUT2D eigenvalue weighted by atomic mass is 9.97. The molecule has 2 N–H and O–H groups in total. The van der Waals surface area contributed by atoms with Gasteiger partial charge in [-0.3, -0.25) is 0 Å². The SMILES string of the molecule is CNS(=O)(=O)C1CCC(O)CC1. The molecule has 0 bridgehead atoms. The lowest BCUT2D eigenvalue weighted by molar-refractivity contribution is 0.131. The van der Waals surface area contributed by atoms with Gasteiger partial charge < -0.3 is 5.11 Å². The van der Waals surface area contributed by atoms with Crippen molar-refractivity contribution in [3.63, 3.8) is 0 Å². The summed E-state index contributed by atoms with van der Waals surface area (Å²) in [5, 5.41) is 8.85. The van der Waals surface area contributed by atoms with E-state index >= 15 is 0 Å². The van der Waals surface area contributed by atoms with Crippen molar-refractivity contribution in [1.82, 2.24) is 4.72 Å². The van der Waals surface area contributed by atoms with E-state index in [1.807, 2.05) is 0 Å². The van der Waals surface area contributed by atoms with E-state index in [0.717, 1.165) is 0 Å². The Labute approximate surface area is 73.0 Å². The van der Waals surface area contributed by atoms with Crippen LogP contribution in [0.25, 0.3) is 0 Å². The monoisotopic (exact) mass is 193 g/mol. The molecule has 0 aromatic rings. The fourth-order valence-corrected chi connectivity index (χ4v) is 2.75. The molecule has 1 rings (SSSR count). The molecular formula is C7H15NO3S. The topological polar surface area (TPSA) is 66.4 Å². The van der Waals surface area contributed by atoms with Crippen LogP contribution >= 0.6 is 0 Å². The van der Waals surface area contributed by atoms with Crippen LogP contribution in [0.5, 0.6) is 0 Å². The molecule has 0 aromatic heterocycles. The quantitative estimate of drug-likeness (QED) is 0.640. The number of rotatable bonds is 2. The Balaban J connectivity index is 2.56. The molecule has 1 aliphatic carbocycles. The molecule has 72 valence electrons. The number of hydrogen-bond acceptors (Lipinski definition) is 3. The van der Waals surface area contributed by atoms with Crippen molar-refractivity contribution >= 4 is 10.0 Å². The molecular weight excluding hydrogens is 178 g/mol. The Kier molecular flexibility index (Phi) is 3.09. The van der Waals surface area contributed by atoms with E-state index < -0.39 is 10.0 Å². The maximum atomic E-state index is 11.3. The van der Waals surface area contributed by atoms with Crippen LogP contribution < -0.4 is 4.72 Å². The third-order valence-corrected chi connectivity index (χ3v) is 4.29. The number of nitrogens with one attached hydrogen (secondary N) is 1. The van der Waals surface area contributed by atoms with E-state index in [4.69, 9.17) is 5.11 Å². The van der Waals surface area contributed by atoms with E-state index in [1.165, 1.54) is 7.05 Å². The van der Waals surface area contributed by atoms with Crippen LogP contribution in [0.15, 0.2) is 0 Å². The zero-order chi connectivity index (χ0) is 9.19. The highest BCUT2D eigenvalue weighted by atomic mass is 32.2. The molecule has 0 saturated heterocycles. The summed E-state index contributed by atoms with van der Waals surface area (Å²) in [5.74, 6) is 0. The number of aliphatic hydroxyl groups is 1. The molecule has 0 radical (unpaired) electrons. The van der Waals surface area contributed by atoms with Crippen molar-refractivity contribution < 1.29 is 13.5 Å². The number of aliphatic hydroxyl groups excluding tert-OH is 1.